The first-order chi connectivity index (χ1) is 18.1. The number of aromatic nitrogens is 4. The van der Waals surface area contributed by atoms with Gasteiger partial charge in [0.05, 0.1) is 35.1 Å². The summed E-state index contributed by atoms with van der Waals surface area (Å²) in [6.07, 6.45) is 6.98. The molecule has 0 aromatic carbocycles. The Balaban J connectivity index is 1.61. The van der Waals surface area contributed by atoms with Gasteiger partial charge < -0.3 is 19.6 Å². The molecule has 4 aromatic rings. The van der Waals surface area contributed by atoms with E-state index in [0.29, 0.717) is 16.8 Å². The number of aliphatic hydroxyl groups is 1. The van der Waals surface area contributed by atoms with Crippen LogP contribution in [0.4, 0.5) is 11.6 Å². The summed E-state index contributed by atoms with van der Waals surface area (Å²) in [4.78, 5) is 13.7. The highest BCUT2D eigenvalue weighted by Gasteiger charge is 2.19. The van der Waals surface area contributed by atoms with Gasteiger partial charge in [-0.2, -0.15) is 10.4 Å². The van der Waals surface area contributed by atoms with Crippen LogP contribution >= 0.6 is 0 Å². The predicted molar refractivity (Wildman–Crippen MR) is 150 cm³/mol. The molecule has 0 saturated heterocycles. The molecule has 4 heterocycles. The average Bonchev–Trinajstić information content (AvgIpc) is 3.34. The Morgan fingerprint density at radius 3 is 2.37 bits per heavy atom. The normalized spacial score (nSPS) is 12.3. The van der Waals surface area contributed by atoms with Gasteiger partial charge in [0.25, 0.3) is 0 Å². The van der Waals surface area contributed by atoms with Crippen LogP contribution < -0.4 is 14.5 Å². The van der Waals surface area contributed by atoms with Crippen molar-refractivity contribution in [2.75, 3.05) is 36.5 Å². The van der Waals surface area contributed by atoms with Crippen LogP contribution in [-0.4, -0.2) is 57.0 Å². The molecule has 38 heavy (non-hydrogen) atoms. The summed E-state index contributed by atoms with van der Waals surface area (Å²) in [6, 6.07) is 12.3. The SMILES string of the molecule is CCN(CC)c1ccc([C@H](C)N(C)c2ccc(-c3cc(OCC(C)(C)O)cn4ncc(C#N)c34)cn2)cn1. The van der Waals surface area contributed by atoms with E-state index < -0.39 is 5.60 Å². The quantitative estimate of drug-likeness (QED) is 0.321. The van der Waals surface area contributed by atoms with Crippen LogP contribution in [0.5, 0.6) is 5.75 Å². The maximum Gasteiger partial charge on any atom is 0.138 e. The molecule has 9 heteroatoms. The van der Waals surface area contributed by atoms with Crippen molar-refractivity contribution in [2.24, 2.45) is 0 Å². The van der Waals surface area contributed by atoms with E-state index >= 15 is 0 Å². The smallest absolute Gasteiger partial charge is 0.138 e. The monoisotopic (exact) mass is 513 g/mol. The van der Waals surface area contributed by atoms with Crippen LogP contribution in [0.15, 0.2) is 55.1 Å². The van der Waals surface area contributed by atoms with Crippen molar-refractivity contribution in [3.8, 4) is 22.9 Å². The summed E-state index contributed by atoms with van der Waals surface area (Å²) in [6.45, 7) is 11.7. The second-order valence-electron chi connectivity index (χ2n) is 9.97. The second-order valence-corrected chi connectivity index (χ2v) is 9.97. The van der Waals surface area contributed by atoms with E-state index in [1.165, 1.54) is 6.20 Å². The number of fused-ring (bicyclic) bond motifs is 1. The van der Waals surface area contributed by atoms with Crippen LogP contribution in [0.25, 0.3) is 16.6 Å². The minimum atomic E-state index is -0.983. The molecule has 0 aliphatic carbocycles. The molecule has 9 nitrogen and oxygen atoms in total. The maximum absolute atomic E-state index is 10.1. The van der Waals surface area contributed by atoms with E-state index in [1.54, 1.807) is 30.8 Å². The molecule has 198 valence electrons. The fraction of sp³-hybridized carbons (Fsp3) is 0.379. The third-order valence-electron chi connectivity index (χ3n) is 6.64. The molecular formula is C29H35N7O2. The third-order valence-corrected chi connectivity index (χ3v) is 6.64. The highest BCUT2D eigenvalue weighted by molar-refractivity contribution is 5.85. The number of hydrogen-bond donors (Lipinski definition) is 1. The van der Waals surface area contributed by atoms with Gasteiger partial charge in [0.2, 0.25) is 0 Å². The van der Waals surface area contributed by atoms with Crippen LogP contribution in [-0.2, 0) is 0 Å². The van der Waals surface area contributed by atoms with Crippen LogP contribution in [0, 0.1) is 11.3 Å². The summed E-state index contributed by atoms with van der Waals surface area (Å²) in [5.41, 5.74) is 2.87. The number of pyridine rings is 3. The fourth-order valence-corrected chi connectivity index (χ4v) is 4.29. The van der Waals surface area contributed by atoms with Crippen molar-refractivity contribution >= 4 is 17.2 Å². The van der Waals surface area contributed by atoms with Crippen LogP contribution in [0.2, 0.25) is 0 Å². The first kappa shape index (κ1) is 26.9. The Morgan fingerprint density at radius 2 is 1.79 bits per heavy atom. The van der Waals surface area contributed by atoms with Gasteiger partial charge in [-0.3, -0.25) is 0 Å². The molecule has 4 aromatic heterocycles. The summed E-state index contributed by atoms with van der Waals surface area (Å²) in [5.74, 6) is 2.33. The van der Waals surface area contributed by atoms with Gasteiger partial charge in [-0.1, -0.05) is 6.07 Å². The molecule has 0 radical (unpaired) electrons. The standard InChI is InChI=1S/C29H35N7O2/c1-7-35(8-2)27-12-9-21(15-32-27)20(3)34(6)26-11-10-22(16-31-26)25-13-24(38-19-29(4,5)37)18-36-28(25)23(14-30)17-33-36/h9-13,15-18,20,37H,7-8,19H2,1-6H3/t20-/m0/s1. The molecule has 0 fully saturated rings. The number of ether oxygens (including phenoxy) is 1. The third kappa shape index (κ3) is 5.71. The summed E-state index contributed by atoms with van der Waals surface area (Å²) in [7, 11) is 2.01. The van der Waals surface area contributed by atoms with Crippen LogP contribution in [0.1, 0.15) is 51.8 Å². The molecule has 1 N–H and O–H groups in total. The van der Waals surface area contributed by atoms with Crippen molar-refractivity contribution in [3.63, 3.8) is 0 Å². The zero-order chi connectivity index (χ0) is 27.4. The Labute approximate surface area is 223 Å². The van der Waals surface area contributed by atoms with E-state index in [4.69, 9.17) is 9.72 Å². The average molecular weight is 514 g/mol. The Kier molecular flexibility index (Phi) is 7.83. The number of nitriles is 1. The zero-order valence-electron chi connectivity index (χ0n) is 22.9. The second kappa shape index (κ2) is 11.1. The zero-order valence-corrected chi connectivity index (χ0v) is 22.9. The summed E-state index contributed by atoms with van der Waals surface area (Å²) >= 11 is 0. The number of rotatable bonds is 10. The van der Waals surface area contributed by atoms with Gasteiger partial charge in [0.15, 0.2) is 0 Å². The van der Waals surface area contributed by atoms with Gasteiger partial charge in [-0.15, -0.1) is 0 Å². The minimum absolute atomic E-state index is 0.0666. The first-order valence-electron chi connectivity index (χ1n) is 12.8. The van der Waals surface area contributed by atoms with Gasteiger partial charge >= 0.3 is 0 Å². The largest absolute Gasteiger partial charge is 0.489 e. The first-order valence-corrected chi connectivity index (χ1v) is 12.8. The van der Waals surface area contributed by atoms with Crippen molar-refractivity contribution in [3.05, 3.63) is 66.2 Å². The molecule has 4 rings (SSSR count). The highest BCUT2D eigenvalue weighted by atomic mass is 16.5. The van der Waals surface area contributed by atoms with E-state index in [-0.39, 0.29) is 12.6 Å². The molecule has 0 unspecified atom stereocenters. The number of hydrogen-bond acceptors (Lipinski definition) is 8. The predicted octanol–water partition coefficient (Wildman–Crippen LogP) is 4.86. The lowest BCUT2D eigenvalue weighted by molar-refractivity contribution is 0.0283. The Bertz CT molecular complexity index is 1410. The van der Waals surface area contributed by atoms with E-state index in [0.717, 1.165) is 41.4 Å². The highest BCUT2D eigenvalue weighted by Crippen LogP contribution is 2.32. The molecule has 0 amide bonds. The summed E-state index contributed by atoms with van der Waals surface area (Å²) < 4.78 is 7.46. The molecule has 0 aliphatic heterocycles. The molecule has 1 atom stereocenters. The van der Waals surface area contributed by atoms with Crippen molar-refractivity contribution in [1.82, 2.24) is 19.6 Å². The van der Waals surface area contributed by atoms with E-state index in [9.17, 15) is 10.4 Å². The molecule has 0 aliphatic rings. The number of anilines is 2. The van der Waals surface area contributed by atoms with Gasteiger partial charge in [0.1, 0.15) is 30.1 Å². The molecular weight excluding hydrogens is 478 g/mol. The molecule has 0 saturated carbocycles. The van der Waals surface area contributed by atoms with E-state index in [1.807, 2.05) is 31.4 Å². The minimum Gasteiger partial charge on any atom is -0.489 e. The lowest BCUT2D eigenvalue weighted by Gasteiger charge is -2.27. The maximum atomic E-state index is 10.1. The summed E-state index contributed by atoms with van der Waals surface area (Å²) in [5, 5.41) is 24.0. The fourth-order valence-electron chi connectivity index (χ4n) is 4.29. The molecule has 0 bridgehead atoms. The molecule has 0 spiro atoms. The Morgan fingerprint density at radius 1 is 1.08 bits per heavy atom. The van der Waals surface area contributed by atoms with Gasteiger partial charge in [-0.05, 0) is 64.4 Å². The van der Waals surface area contributed by atoms with Crippen molar-refractivity contribution in [2.45, 2.75) is 46.3 Å². The van der Waals surface area contributed by atoms with E-state index in [2.05, 4.69) is 58.9 Å². The Hall–Kier alpha value is -4.16. The number of nitrogens with zero attached hydrogens (tertiary/aromatic N) is 7. The lowest BCUT2D eigenvalue weighted by atomic mass is 10.0. The van der Waals surface area contributed by atoms with Gasteiger partial charge in [-0.25, -0.2) is 14.5 Å². The lowest BCUT2D eigenvalue weighted by Crippen LogP contribution is -2.27. The van der Waals surface area contributed by atoms with Gasteiger partial charge in [0, 0.05) is 43.7 Å². The van der Waals surface area contributed by atoms with Crippen molar-refractivity contribution < 1.29 is 9.84 Å². The topological polar surface area (TPSA) is 103 Å². The van der Waals surface area contributed by atoms with Crippen molar-refractivity contribution in [1.29, 1.82) is 5.26 Å². The van der Waals surface area contributed by atoms with Crippen LogP contribution in [0.3, 0.4) is 0 Å².